The molecule has 1 aliphatic heterocycles. The van der Waals surface area contributed by atoms with E-state index in [1.165, 1.54) is 28.8 Å². The Labute approximate surface area is 199 Å². The number of hydrogen-bond acceptors (Lipinski definition) is 7. The summed E-state index contributed by atoms with van der Waals surface area (Å²) in [5.41, 5.74) is 0.405. The van der Waals surface area contributed by atoms with Crippen LogP contribution in [0.25, 0.3) is 10.9 Å². The summed E-state index contributed by atoms with van der Waals surface area (Å²) >= 11 is 5.85. The number of fused-ring (bicyclic) bond motifs is 2. The second kappa shape index (κ2) is 8.21. The number of carbonyl (C=O) groups is 1. The Morgan fingerprint density at radius 3 is 2.65 bits per heavy atom. The number of nitrogens with zero attached hydrogens (tertiary/aromatic N) is 4. The molecule has 9 nitrogen and oxygen atoms in total. The van der Waals surface area contributed by atoms with Crippen molar-refractivity contribution in [2.45, 2.75) is 19.1 Å². The van der Waals surface area contributed by atoms with Gasteiger partial charge in [0.25, 0.3) is 5.56 Å². The lowest BCUT2D eigenvalue weighted by Crippen LogP contribution is -2.33. The minimum Gasteiger partial charge on any atom is -0.476 e. The molecule has 1 saturated heterocycles. The van der Waals surface area contributed by atoms with Gasteiger partial charge in [0.1, 0.15) is 11.0 Å². The molecule has 5 rings (SSSR count). The van der Waals surface area contributed by atoms with Gasteiger partial charge in [-0.3, -0.25) is 9.36 Å². The molecule has 0 spiro atoms. The average molecular weight is 488 g/mol. The number of aromatic nitrogens is 3. The summed E-state index contributed by atoms with van der Waals surface area (Å²) in [6, 6.07) is 4.86. The molecule has 2 aliphatic rings. The number of ether oxygens (including phenoxy) is 1. The molecule has 0 amide bonds. The highest BCUT2D eigenvalue weighted by Gasteiger charge is 2.57. The maximum Gasteiger partial charge on any atom is 0.356 e. The predicted molar refractivity (Wildman–Crippen MR) is 125 cm³/mol. The van der Waals surface area contributed by atoms with Crippen LogP contribution in [0.4, 0.5) is 16.0 Å². The minimum absolute atomic E-state index is 0.0426. The first kappa shape index (κ1) is 22.5. The molecule has 1 saturated carbocycles. The van der Waals surface area contributed by atoms with Crippen molar-refractivity contribution in [3.8, 4) is 0 Å². The van der Waals surface area contributed by atoms with Gasteiger partial charge in [0.2, 0.25) is 5.95 Å². The van der Waals surface area contributed by atoms with E-state index < -0.39 is 17.8 Å². The van der Waals surface area contributed by atoms with Crippen LogP contribution in [-0.4, -0.2) is 51.9 Å². The maximum absolute atomic E-state index is 14.6. The van der Waals surface area contributed by atoms with Crippen LogP contribution in [0.5, 0.6) is 0 Å². The highest BCUT2D eigenvalue weighted by atomic mass is 35.5. The summed E-state index contributed by atoms with van der Waals surface area (Å²) in [7, 11) is 3.34. The quantitative estimate of drug-likeness (QED) is 0.510. The predicted octanol–water partition coefficient (Wildman–Crippen LogP) is 3.07. The number of piperidine rings is 1. The number of rotatable bonds is 6. The van der Waals surface area contributed by atoms with Gasteiger partial charge in [0.05, 0.1) is 28.7 Å². The fourth-order valence-corrected chi connectivity index (χ4v) is 5.13. The molecule has 178 valence electrons. The zero-order valence-electron chi connectivity index (χ0n) is 18.7. The third-order valence-electron chi connectivity index (χ3n) is 6.72. The molecule has 2 fully saturated rings. The standard InChI is InChI=1S/C23H23ClFN5O4/c1-10(26-16-4-5-17(24)27-19(16)22(32)33)12-6-11(25)7-13-18(12)28-23(29(2)21(13)31)30-8-14-15(9-30)20(14)34-3/h4-7,10,14-15,20,26H,8-9H2,1-3H3,(H,32,33)/t10-,14-,15+,20?/m0/s1. The number of anilines is 2. The molecule has 34 heavy (non-hydrogen) atoms. The Balaban J connectivity index is 1.56. The van der Waals surface area contributed by atoms with Crippen LogP contribution in [0.2, 0.25) is 5.15 Å². The molecule has 3 aromatic rings. The zero-order chi connectivity index (χ0) is 24.3. The summed E-state index contributed by atoms with van der Waals surface area (Å²) in [5, 5.41) is 12.7. The lowest BCUT2D eigenvalue weighted by Gasteiger charge is -2.24. The molecule has 0 radical (unpaired) electrons. The summed E-state index contributed by atoms with van der Waals surface area (Å²) in [5.74, 6) is -0.493. The normalized spacial score (nSPS) is 22.0. The Kier molecular flexibility index (Phi) is 5.44. The summed E-state index contributed by atoms with van der Waals surface area (Å²) in [4.78, 5) is 35.5. The van der Waals surface area contributed by atoms with Crippen molar-refractivity contribution in [1.29, 1.82) is 0 Å². The molecular weight excluding hydrogens is 465 g/mol. The monoisotopic (exact) mass is 487 g/mol. The van der Waals surface area contributed by atoms with Gasteiger partial charge < -0.3 is 20.1 Å². The second-order valence-electron chi connectivity index (χ2n) is 8.80. The van der Waals surface area contributed by atoms with Crippen molar-refractivity contribution in [2.24, 2.45) is 18.9 Å². The van der Waals surface area contributed by atoms with E-state index in [4.69, 9.17) is 21.3 Å². The first-order valence-electron chi connectivity index (χ1n) is 10.8. The van der Waals surface area contributed by atoms with E-state index >= 15 is 0 Å². The van der Waals surface area contributed by atoms with E-state index in [2.05, 4.69) is 15.2 Å². The molecule has 0 bridgehead atoms. The molecule has 2 aromatic heterocycles. The van der Waals surface area contributed by atoms with Crippen molar-refractivity contribution < 1.29 is 19.0 Å². The number of halogens is 2. The molecule has 4 atom stereocenters. The van der Waals surface area contributed by atoms with Crippen LogP contribution < -0.4 is 15.8 Å². The molecule has 11 heteroatoms. The van der Waals surface area contributed by atoms with E-state index in [0.29, 0.717) is 28.9 Å². The Morgan fingerprint density at radius 2 is 2.00 bits per heavy atom. The van der Waals surface area contributed by atoms with E-state index in [1.807, 2.05) is 0 Å². The van der Waals surface area contributed by atoms with Crippen molar-refractivity contribution in [2.75, 3.05) is 30.4 Å². The number of nitrogens with one attached hydrogen (secondary N) is 1. The fraction of sp³-hybridized carbons (Fsp3) is 0.391. The van der Waals surface area contributed by atoms with Crippen molar-refractivity contribution in [3.63, 3.8) is 0 Å². The van der Waals surface area contributed by atoms with Gasteiger partial charge in [0, 0.05) is 44.6 Å². The number of carboxylic acid groups (broad SMARTS) is 1. The van der Waals surface area contributed by atoms with E-state index in [-0.39, 0.29) is 33.6 Å². The van der Waals surface area contributed by atoms with Gasteiger partial charge in [-0.2, -0.15) is 0 Å². The van der Waals surface area contributed by atoms with Crippen LogP contribution in [0.15, 0.2) is 29.1 Å². The van der Waals surface area contributed by atoms with Gasteiger partial charge in [-0.25, -0.2) is 19.2 Å². The Morgan fingerprint density at radius 1 is 1.29 bits per heavy atom. The van der Waals surface area contributed by atoms with Gasteiger partial charge in [-0.1, -0.05) is 11.6 Å². The molecule has 1 aliphatic carbocycles. The Hall–Kier alpha value is -3.24. The lowest BCUT2D eigenvalue weighted by molar-refractivity contribution is 0.0691. The number of pyridine rings is 1. The van der Waals surface area contributed by atoms with Gasteiger partial charge in [-0.15, -0.1) is 0 Å². The smallest absolute Gasteiger partial charge is 0.356 e. The summed E-state index contributed by atoms with van der Waals surface area (Å²) in [6.07, 6.45) is 0.249. The molecule has 1 unspecified atom stereocenters. The minimum atomic E-state index is -1.25. The van der Waals surface area contributed by atoms with Gasteiger partial charge in [0.15, 0.2) is 5.69 Å². The number of carboxylic acids is 1. The van der Waals surface area contributed by atoms with E-state index in [9.17, 15) is 19.1 Å². The molecule has 1 aromatic carbocycles. The lowest BCUT2D eigenvalue weighted by atomic mass is 10.0. The van der Waals surface area contributed by atoms with E-state index in [1.54, 1.807) is 21.1 Å². The SMILES string of the molecule is COC1[C@H]2CN(c3nc4c([C@H](C)Nc5ccc(Cl)nc5C(=O)O)cc(F)cc4c(=O)n3C)C[C@@H]12. The number of benzene rings is 1. The number of methoxy groups -OCH3 is 1. The van der Waals surface area contributed by atoms with Crippen LogP contribution >= 0.6 is 11.6 Å². The second-order valence-corrected chi connectivity index (χ2v) is 9.19. The maximum atomic E-state index is 14.6. The van der Waals surface area contributed by atoms with Crippen LogP contribution in [0, 0.1) is 17.7 Å². The van der Waals surface area contributed by atoms with E-state index in [0.717, 1.165) is 13.1 Å². The zero-order valence-corrected chi connectivity index (χ0v) is 19.5. The molecule has 2 N–H and O–H groups in total. The average Bonchev–Trinajstić information content (AvgIpc) is 3.27. The van der Waals surface area contributed by atoms with Crippen LogP contribution in [-0.2, 0) is 11.8 Å². The van der Waals surface area contributed by atoms with Gasteiger partial charge >= 0.3 is 5.97 Å². The highest BCUT2D eigenvalue weighted by Crippen LogP contribution is 2.48. The molecule has 3 heterocycles. The third-order valence-corrected chi connectivity index (χ3v) is 6.93. The third kappa shape index (κ3) is 3.67. The molecular formula is C23H23ClFN5O4. The summed E-state index contributed by atoms with van der Waals surface area (Å²) in [6.45, 7) is 3.21. The first-order chi connectivity index (χ1) is 16.2. The Bertz CT molecular complexity index is 1370. The van der Waals surface area contributed by atoms with Crippen LogP contribution in [0.3, 0.4) is 0 Å². The highest BCUT2D eigenvalue weighted by molar-refractivity contribution is 6.29. The topological polar surface area (TPSA) is 110 Å². The number of hydrogen-bond donors (Lipinski definition) is 2. The van der Waals surface area contributed by atoms with Gasteiger partial charge in [-0.05, 0) is 31.2 Å². The van der Waals surface area contributed by atoms with Crippen molar-refractivity contribution >= 4 is 40.1 Å². The first-order valence-corrected chi connectivity index (χ1v) is 11.2. The van der Waals surface area contributed by atoms with Crippen molar-refractivity contribution in [1.82, 2.24) is 14.5 Å². The largest absolute Gasteiger partial charge is 0.476 e. The fourth-order valence-electron chi connectivity index (χ4n) is 4.98. The van der Waals surface area contributed by atoms with Crippen LogP contribution in [0.1, 0.15) is 29.0 Å². The number of aromatic carboxylic acids is 1. The van der Waals surface area contributed by atoms with Crippen molar-refractivity contribution in [3.05, 3.63) is 56.8 Å². The summed E-state index contributed by atoms with van der Waals surface area (Å²) < 4.78 is 21.5.